The van der Waals surface area contributed by atoms with Gasteiger partial charge in [0.15, 0.2) is 0 Å². The molecule has 0 aliphatic rings. The molecule has 0 N–H and O–H groups in total. The zero-order chi connectivity index (χ0) is 14.8. The lowest BCUT2D eigenvalue weighted by Crippen LogP contribution is -2.28. The van der Waals surface area contributed by atoms with Crippen LogP contribution < -0.4 is 0 Å². The van der Waals surface area contributed by atoms with E-state index in [-0.39, 0.29) is 0 Å². The van der Waals surface area contributed by atoms with Crippen molar-refractivity contribution in [3.8, 4) is 11.3 Å². The van der Waals surface area contributed by atoms with E-state index in [1.54, 1.807) is 0 Å². The second-order valence-electron chi connectivity index (χ2n) is 5.41. The lowest BCUT2D eigenvalue weighted by atomic mass is 10.1. The Morgan fingerprint density at radius 3 is 2.50 bits per heavy atom. The van der Waals surface area contributed by atoms with E-state index < -0.39 is 11.7 Å². The first kappa shape index (κ1) is 14.8. The minimum absolute atomic E-state index is 0.469. The Labute approximate surface area is 126 Å². The largest absolute Gasteiger partial charge is 0.442 e. The maximum Gasteiger partial charge on any atom is 0.435 e. The molecule has 2 rings (SSSR count). The Balaban J connectivity index is 2.42. The summed E-state index contributed by atoms with van der Waals surface area (Å²) in [7, 11) is 0. The van der Waals surface area contributed by atoms with Crippen LogP contribution in [-0.2, 0) is 10.1 Å². The fourth-order valence-corrected chi connectivity index (χ4v) is 2.03. The number of hydrogen-bond acceptors (Lipinski definition) is 3. The fraction of sp³-hybridized carbons (Fsp3) is 0.333. The monoisotopic (exact) mass is 336 g/mol. The molecule has 1 aromatic heterocycles. The molecule has 5 heteroatoms. The Kier molecular flexibility index (Phi) is 4.28. The quantitative estimate of drug-likeness (QED) is 0.771. The normalized spacial score (nSPS) is 11.4. The van der Waals surface area contributed by atoms with Gasteiger partial charge in [-0.3, -0.25) is 0 Å². The number of rotatable bonds is 2. The Morgan fingerprint density at radius 1 is 1.30 bits per heavy atom. The average molecular weight is 337 g/mol. The van der Waals surface area contributed by atoms with Crippen molar-refractivity contribution in [3.63, 3.8) is 0 Å². The van der Waals surface area contributed by atoms with E-state index in [4.69, 9.17) is 4.74 Å². The van der Waals surface area contributed by atoms with Crippen molar-refractivity contribution in [2.75, 3.05) is 0 Å². The fourth-order valence-electron chi connectivity index (χ4n) is 1.75. The van der Waals surface area contributed by atoms with Crippen LogP contribution in [0, 0.1) is 0 Å². The summed E-state index contributed by atoms with van der Waals surface area (Å²) >= 11 is 3.36. The van der Waals surface area contributed by atoms with Crippen LogP contribution in [0.1, 0.15) is 26.5 Å². The number of alkyl halides is 1. The molecule has 0 aliphatic heterocycles. The third-order valence-corrected chi connectivity index (χ3v) is 3.11. The second kappa shape index (κ2) is 5.79. The summed E-state index contributed by atoms with van der Waals surface area (Å²) < 4.78 is 6.71. The van der Waals surface area contributed by atoms with E-state index in [0.717, 1.165) is 17.0 Å². The zero-order valence-corrected chi connectivity index (χ0v) is 13.3. The topological polar surface area (TPSA) is 44.1 Å². The van der Waals surface area contributed by atoms with Gasteiger partial charge in [0.25, 0.3) is 0 Å². The van der Waals surface area contributed by atoms with Gasteiger partial charge in [0.1, 0.15) is 5.60 Å². The second-order valence-corrected chi connectivity index (χ2v) is 5.97. The lowest BCUT2D eigenvalue weighted by Gasteiger charge is -2.19. The number of carbonyl (C=O) groups excluding carboxylic acids is 1. The Hall–Kier alpha value is -1.62. The van der Waals surface area contributed by atoms with Gasteiger partial charge in [-0.15, -0.1) is 0 Å². The van der Waals surface area contributed by atoms with Crippen molar-refractivity contribution in [2.45, 2.75) is 31.7 Å². The third-order valence-electron chi connectivity index (χ3n) is 2.53. The van der Waals surface area contributed by atoms with Crippen molar-refractivity contribution >= 4 is 22.0 Å². The molecule has 0 saturated carbocycles. The van der Waals surface area contributed by atoms with Gasteiger partial charge in [0.05, 0.1) is 11.4 Å². The van der Waals surface area contributed by atoms with Crippen LogP contribution >= 0.6 is 15.9 Å². The summed E-state index contributed by atoms with van der Waals surface area (Å²) in [6, 6.07) is 11.5. The van der Waals surface area contributed by atoms with Crippen molar-refractivity contribution in [1.82, 2.24) is 9.78 Å². The van der Waals surface area contributed by atoms with Crippen molar-refractivity contribution in [2.24, 2.45) is 0 Å². The third kappa shape index (κ3) is 3.48. The van der Waals surface area contributed by atoms with Gasteiger partial charge in [-0.2, -0.15) is 9.78 Å². The highest BCUT2D eigenvalue weighted by Crippen LogP contribution is 2.22. The van der Waals surface area contributed by atoms with Crippen LogP contribution in [0.5, 0.6) is 0 Å². The number of aromatic nitrogens is 2. The van der Waals surface area contributed by atoms with Gasteiger partial charge in [-0.25, -0.2) is 4.79 Å². The van der Waals surface area contributed by atoms with Crippen molar-refractivity contribution in [3.05, 3.63) is 42.1 Å². The number of nitrogens with zero attached hydrogens (tertiary/aromatic N) is 2. The molecule has 2 aromatic rings. The predicted octanol–water partition coefficient (Wildman–Crippen LogP) is 4.23. The summed E-state index contributed by atoms with van der Waals surface area (Å²) in [6.45, 7) is 5.51. The van der Waals surface area contributed by atoms with Crippen molar-refractivity contribution in [1.29, 1.82) is 0 Å². The highest BCUT2D eigenvalue weighted by molar-refractivity contribution is 9.08. The van der Waals surface area contributed by atoms with Gasteiger partial charge in [-0.1, -0.05) is 46.3 Å². The molecule has 0 saturated heterocycles. The number of carbonyl (C=O) groups is 1. The van der Waals surface area contributed by atoms with Crippen molar-refractivity contribution < 1.29 is 9.53 Å². The molecule has 0 unspecified atom stereocenters. The first-order valence-corrected chi connectivity index (χ1v) is 7.46. The van der Waals surface area contributed by atoms with E-state index >= 15 is 0 Å². The molecule has 106 valence electrons. The van der Waals surface area contributed by atoms with Crippen LogP contribution in [0.15, 0.2) is 36.4 Å². The predicted molar refractivity (Wildman–Crippen MR) is 81.9 cm³/mol. The summed E-state index contributed by atoms with van der Waals surface area (Å²) in [6.07, 6.45) is -0.469. The van der Waals surface area contributed by atoms with Crippen LogP contribution in [0.4, 0.5) is 4.79 Å². The highest BCUT2D eigenvalue weighted by atomic mass is 79.9. The molecule has 0 bridgehead atoms. The van der Waals surface area contributed by atoms with Gasteiger partial charge >= 0.3 is 6.09 Å². The summed E-state index contributed by atoms with van der Waals surface area (Å²) in [5.41, 5.74) is 1.90. The first-order chi connectivity index (χ1) is 9.40. The molecular weight excluding hydrogens is 320 g/mol. The zero-order valence-electron chi connectivity index (χ0n) is 11.8. The van der Waals surface area contributed by atoms with E-state index in [2.05, 4.69) is 21.0 Å². The van der Waals surface area contributed by atoms with E-state index in [0.29, 0.717) is 5.33 Å². The molecule has 1 aromatic carbocycles. The molecule has 0 radical (unpaired) electrons. The molecule has 0 aliphatic carbocycles. The molecule has 1 heterocycles. The molecule has 20 heavy (non-hydrogen) atoms. The molecule has 4 nitrogen and oxygen atoms in total. The van der Waals surface area contributed by atoms with Gasteiger partial charge in [0, 0.05) is 10.9 Å². The summed E-state index contributed by atoms with van der Waals surface area (Å²) in [5.74, 6) is 0. The molecule has 0 spiro atoms. The average Bonchev–Trinajstić information content (AvgIpc) is 2.82. The summed E-state index contributed by atoms with van der Waals surface area (Å²) in [5, 5.41) is 4.87. The molecular formula is C15H17BrN2O2. The van der Waals surface area contributed by atoms with Gasteiger partial charge < -0.3 is 4.74 Å². The number of hydrogen-bond donors (Lipinski definition) is 0. The van der Waals surface area contributed by atoms with E-state index in [9.17, 15) is 4.79 Å². The SMILES string of the molecule is CC(C)(C)OC(=O)n1nc(CBr)cc1-c1ccccc1. The van der Waals surface area contributed by atoms with Crippen LogP contribution in [0.3, 0.4) is 0 Å². The van der Waals surface area contributed by atoms with Crippen LogP contribution in [-0.4, -0.2) is 21.5 Å². The minimum Gasteiger partial charge on any atom is -0.442 e. The maximum absolute atomic E-state index is 12.2. The Morgan fingerprint density at radius 2 is 1.95 bits per heavy atom. The number of ether oxygens (including phenoxy) is 1. The van der Waals surface area contributed by atoms with Gasteiger partial charge in [0.2, 0.25) is 0 Å². The molecule has 0 amide bonds. The van der Waals surface area contributed by atoms with Gasteiger partial charge in [-0.05, 0) is 26.8 Å². The maximum atomic E-state index is 12.2. The molecule has 0 atom stereocenters. The number of halogens is 1. The van der Waals surface area contributed by atoms with E-state index in [1.807, 2.05) is 57.2 Å². The van der Waals surface area contributed by atoms with Crippen LogP contribution in [0.2, 0.25) is 0 Å². The molecule has 0 fully saturated rings. The van der Waals surface area contributed by atoms with Crippen LogP contribution in [0.25, 0.3) is 11.3 Å². The minimum atomic E-state index is -0.550. The number of benzene rings is 1. The first-order valence-electron chi connectivity index (χ1n) is 6.34. The standard InChI is InChI=1S/C15H17BrN2O2/c1-15(2,3)20-14(19)18-13(9-12(10-16)17-18)11-7-5-4-6-8-11/h4-9H,10H2,1-3H3. The lowest BCUT2D eigenvalue weighted by molar-refractivity contribution is 0.0517. The summed E-state index contributed by atoms with van der Waals surface area (Å²) in [4.78, 5) is 12.2. The Bertz CT molecular complexity index is 600. The smallest absolute Gasteiger partial charge is 0.435 e. The van der Waals surface area contributed by atoms with E-state index in [1.165, 1.54) is 4.68 Å². The highest BCUT2D eigenvalue weighted by Gasteiger charge is 2.22.